The van der Waals surface area contributed by atoms with Crippen molar-refractivity contribution in [2.45, 2.75) is 6.61 Å². The second-order valence-electron chi connectivity index (χ2n) is 4.69. The van der Waals surface area contributed by atoms with E-state index in [2.05, 4.69) is 0 Å². The number of benzene rings is 2. The van der Waals surface area contributed by atoms with Crippen molar-refractivity contribution in [3.8, 4) is 11.5 Å². The summed E-state index contributed by atoms with van der Waals surface area (Å²) in [6, 6.07) is 11.8. The van der Waals surface area contributed by atoms with E-state index in [0.29, 0.717) is 6.20 Å². The molecule has 2 rings (SSSR count). The quantitative estimate of drug-likeness (QED) is 0.569. The monoisotopic (exact) mass is 330 g/mol. The highest BCUT2D eigenvalue weighted by atomic mass is 16.6. The fraction of sp³-hybridized carbons (Fsp3) is 0.125. The van der Waals surface area contributed by atoms with Crippen molar-refractivity contribution in [3.63, 3.8) is 0 Å². The molecule has 0 amide bonds. The first-order valence-corrected chi connectivity index (χ1v) is 6.86. The van der Waals surface area contributed by atoms with E-state index < -0.39 is 9.85 Å². The van der Waals surface area contributed by atoms with Crippen LogP contribution in [0.5, 0.6) is 11.5 Å². The van der Waals surface area contributed by atoms with Gasteiger partial charge in [-0.2, -0.15) is 0 Å². The SMILES string of the molecule is COc1cc(/C=C\[N+](=O)[O-])c([N+](=O)[O-])cc1OCc1ccccc1. The predicted octanol–water partition coefficient (Wildman–Crippen LogP) is 3.43. The van der Waals surface area contributed by atoms with Crippen molar-refractivity contribution in [3.05, 3.63) is 80.0 Å². The van der Waals surface area contributed by atoms with Gasteiger partial charge in [0.15, 0.2) is 11.5 Å². The molecular formula is C16H14N2O6. The van der Waals surface area contributed by atoms with E-state index in [1.165, 1.54) is 19.2 Å². The number of rotatable bonds is 7. The zero-order valence-corrected chi connectivity index (χ0v) is 12.7. The first-order chi connectivity index (χ1) is 11.5. The largest absolute Gasteiger partial charge is 0.493 e. The second kappa shape index (κ2) is 7.73. The number of methoxy groups -OCH3 is 1. The Hall–Kier alpha value is -3.42. The molecule has 8 nitrogen and oxygen atoms in total. The molecule has 8 heteroatoms. The van der Waals surface area contributed by atoms with Crippen molar-refractivity contribution in [2.24, 2.45) is 0 Å². The standard InChI is InChI=1S/C16H14N2O6/c1-23-15-9-13(7-8-17(19)20)14(18(21)22)10-16(15)24-11-12-5-3-2-4-6-12/h2-10H,11H2,1H3/b8-7-. The van der Waals surface area contributed by atoms with Gasteiger partial charge >= 0.3 is 0 Å². The lowest BCUT2D eigenvalue weighted by Gasteiger charge is -2.11. The van der Waals surface area contributed by atoms with E-state index in [9.17, 15) is 20.2 Å². The van der Waals surface area contributed by atoms with Gasteiger partial charge in [-0.25, -0.2) is 0 Å². The van der Waals surface area contributed by atoms with E-state index >= 15 is 0 Å². The average molecular weight is 330 g/mol. The highest BCUT2D eigenvalue weighted by molar-refractivity contribution is 5.66. The first-order valence-electron chi connectivity index (χ1n) is 6.86. The van der Waals surface area contributed by atoms with Crippen molar-refractivity contribution in [2.75, 3.05) is 7.11 Å². The van der Waals surface area contributed by atoms with Crippen molar-refractivity contribution < 1.29 is 19.3 Å². The van der Waals surface area contributed by atoms with Crippen LogP contribution in [0, 0.1) is 20.2 Å². The number of nitrogens with zero attached hydrogens (tertiary/aromatic N) is 2. The molecule has 0 heterocycles. The molecular weight excluding hydrogens is 316 g/mol. The molecule has 0 aliphatic rings. The summed E-state index contributed by atoms with van der Waals surface area (Å²) in [6.45, 7) is 0.207. The number of nitro groups is 2. The lowest BCUT2D eigenvalue weighted by Crippen LogP contribution is -2.00. The Morgan fingerprint density at radius 1 is 1.08 bits per heavy atom. The van der Waals surface area contributed by atoms with Crippen molar-refractivity contribution >= 4 is 11.8 Å². The number of hydrogen-bond acceptors (Lipinski definition) is 6. The van der Waals surface area contributed by atoms with Crippen molar-refractivity contribution in [1.29, 1.82) is 0 Å². The minimum absolute atomic E-state index is 0.0561. The molecule has 0 spiro atoms. The summed E-state index contributed by atoms with van der Waals surface area (Å²) in [6.07, 6.45) is 1.67. The van der Waals surface area contributed by atoms with Gasteiger partial charge in [0.05, 0.1) is 28.6 Å². The van der Waals surface area contributed by atoms with E-state index in [4.69, 9.17) is 9.47 Å². The van der Waals surface area contributed by atoms with Crippen LogP contribution in [0.3, 0.4) is 0 Å². The van der Waals surface area contributed by atoms with Gasteiger partial charge < -0.3 is 9.47 Å². The predicted molar refractivity (Wildman–Crippen MR) is 86.5 cm³/mol. The number of ether oxygens (including phenoxy) is 2. The Kier molecular flexibility index (Phi) is 5.45. The van der Waals surface area contributed by atoms with E-state index in [1.807, 2.05) is 30.3 Å². The number of hydrogen-bond donors (Lipinski definition) is 0. The summed E-state index contributed by atoms with van der Waals surface area (Å²) in [7, 11) is 1.39. The Balaban J connectivity index is 2.35. The van der Waals surface area contributed by atoms with Gasteiger partial charge in [0.1, 0.15) is 6.61 Å². The minimum Gasteiger partial charge on any atom is -0.493 e. The van der Waals surface area contributed by atoms with Crippen LogP contribution in [0.25, 0.3) is 6.08 Å². The third-order valence-corrected chi connectivity index (χ3v) is 3.12. The maximum absolute atomic E-state index is 11.2. The third kappa shape index (κ3) is 4.29. The van der Waals surface area contributed by atoms with Gasteiger partial charge in [0.25, 0.3) is 5.69 Å². The number of nitro benzene ring substituents is 1. The highest BCUT2D eigenvalue weighted by Crippen LogP contribution is 2.35. The van der Waals surface area contributed by atoms with E-state index in [0.717, 1.165) is 11.6 Å². The normalized spacial score (nSPS) is 10.5. The van der Waals surface area contributed by atoms with Gasteiger partial charge in [0.2, 0.25) is 6.20 Å². The van der Waals surface area contributed by atoms with Crippen LogP contribution in [0.15, 0.2) is 48.7 Å². The zero-order valence-electron chi connectivity index (χ0n) is 12.7. The van der Waals surface area contributed by atoms with E-state index in [-0.39, 0.29) is 29.4 Å². The highest BCUT2D eigenvalue weighted by Gasteiger charge is 2.19. The molecule has 0 fully saturated rings. The lowest BCUT2D eigenvalue weighted by molar-refractivity contribution is -0.401. The third-order valence-electron chi connectivity index (χ3n) is 3.12. The molecule has 0 aliphatic heterocycles. The molecule has 124 valence electrons. The molecule has 0 aliphatic carbocycles. The van der Waals surface area contributed by atoms with Crippen LogP contribution < -0.4 is 9.47 Å². The van der Waals surface area contributed by atoms with Crippen LogP contribution in [0.1, 0.15) is 11.1 Å². The smallest absolute Gasteiger partial charge is 0.280 e. The fourth-order valence-electron chi connectivity index (χ4n) is 2.01. The van der Waals surface area contributed by atoms with E-state index in [1.54, 1.807) is 0 Å². The minimum atomic E-state index is -0.698. The molecule has 0 N–H and O–H groups in total. The topological polar surface area (TPSA) is 105 Å². The van der Waals surface area contributed by atoms with Gasteiger partial charge in [-0.3, -0.25) is 20.2 Å². The van der Waals surface area contributed by atoms with Crippen LogP contribution in [-0.4, -0.2) is 17.0 Å². The maximum atomic E-state index is 11.2. The van der Waals surface area contributed by atoms with Crippen LogP contribution >= 0.6 is 0 Å². The second-order valence-corrected chi connectivity index (χ2v) is 4.69. The summed E-state index contributed by atoms with van der Waals surface area (Å²) in [5.74, 6) is 0.436. The molecule has 0 saturated heterocycles. The summed E-state index contributed by atoms with van der Waals surface area (Å²) in [5, 5.41) is 21.6. The zero-order chi connectivity index (χ0) is 17.5. The molecule has 0 unspecified atom stereocenters. The fourth-order valence-corrected chi connectivity index (χ4v) is 2.01. The molecule has 0 atom stereocenters. The van der Waals surface area contributed by atoms with Crippen LogP contribution in [0.2, 0.25) is 0 Å². The summed E-state index contributed by atoms with van der Waals surface area (Å²) in [5.41, 5.74) is 0.636. The molecule has 2 aromatic carbocycles. The Bertz CT molecular complexity index is 774. The Labute approximate surface area is 137 Å². The summed E-state index contributed by atoms with van der Waals surface area (Å²) >= 11 is 0. The summed E-state index contributed by atoms with van der Waals surface area (Å²) in [4.78, 5) is 20.3. The summed E-state index contributed by atoms with van der Waals surface area (Å²) < 4.78 is 10.8. The first kappa shape index (κ1) is 16.9. The molecule has 0 radical (unpaired) electrons. The Morgan fingerprint density at radius 3 is 2.38 bits per heavy atom. The average Bonchev–Trinajstić information content (AvgIpc) is 2.58. The molecule has 24 heavy (non-hydrogen) atoms. The maximum Gasteiger partial charge on any atom is 0.280 e. The van der Waals surface area contributed by atoms with Gasteiger partial charge in [-0.05, 0) is 11.6 Å². The van der Waals surface area contributed by atoms with Crippen molar-refractivity contribution in [1.82, 2.24) is 0 Å². The molecule has 0 bridgehead atoms. The molecule has 0 aromatic heterocycles. The Morgan fingerprint density at radius 2 is 1.79 bits per heavy atom. The van der Waals surface area contributed by atoms with Crippen LogP contribution in [-0.2, 0) is 6.61 Å². The molecule has 2 aromatic rings. The molecule has 0 saturated carbocycles. The van der Waals surface area contributed by atoms with Gasteiger partial charge in [-0.15, -0.1) is 0 Å². The van der Waals surface area contributed by atoms with Gasteiger partial charge in [-0.1, -0.05) is 30.3 Å². The van der Waals surface area contributed by atoms with Crippen LogP contribution in [0.4, 0.5) is 5.69 Å². The lowest BCUT2D eigenvalue weighted by atomic mass is 10.1. The van der Waals surface area contributed by atoms with Gasteiger partial charge in [0, 0.05) is 6.08 Å².